The number of nitrogens with zero attached hydrogens (tertiary/aromatic N) is 1. The van der Waals surface area contributed by atoms with Gasteiger partial charge in [0.15, 0.2) is 0 Å². The van der Waals surface area contributed by atoms with Crippen molar-refractivity contribution in [2.24, 2.45) is 0 Å². The van der Waals surface area contributed by atoms with Crippen LogP contribution in [0.4, 0.5) is 4.79 Å². The second-order valence-corrected chi connectivity index (χ2v) is 6.23. The summed E-state index contributed by atoms with van der Waals surface area (Å²) in [6, 6.07) is 6.10. The van der Waals surface area contributed by atoms with Crippen LogP contribution in [0, 0.1) is 0 Å². The zero-order valence-electron chi connectivity index (χ0n) is 15.4. The van der Waals surface area contributed by atoms with Crippen LogP contribution >= 0.6 is 0 Å². The number of hydrogen-bond donors (Lipinski definition) is 2. The molecule has 1 aromatic rings. The van der Waals surface area contributed by atoms with E-state index in [0.29, 0.717) is 35.7 Å². The minimum Gasteiger partial charge on any atom is -0.494 e. The van der Waals surface area contributed by atoms with Crippen LogP contribution in [-0.2, 0) is 14.3 Å². The van der Waals surface area contributed by atoms with Crippen LogP contribution in [0.1, 0.15) is 31.9 Å². The summed E-state index contributed by atoms with van der Waals surface area (Å²) < 4.78 is 10.8. The molecule has 0 bridgehead atoms. The van der Waals surface area contributed by atoms with Crippen LogP contribution in [0.2, 0.25) is 0 Å². The molecule has 0 radical (unpaired) electrons. The van der Waals surface area contributed by atoms with Crippen LogP contribution in [0.25, 0.3) is 0 Å². The predicted octanol–water partition coefficient (Wildman–Crippen LogP) is 1.49. The Hall–Kier alpha value is -3.03. The van der Waals surface area contributed by atoms with E-state index < -0.39 is 18.0 Å². The van der Waals surface area contributed by atoms with Crippen LogP contribution < -0.4 is 15.4 Å². The number of nitrogens with one attached hydrogen (secondary N) is 2. The standard InChI is InChI=1S/C19H23N3O5/c1-3-9-20-15(23)10-22-13-11-27-18(24)16(13)17(21-19(22)25)12-7-5-6-8-14(12)26-4-2/h5-8,17H,3-4,9-11H2,1-2H3,(H,20,23)(H,21,25)/t17-/m0/s1. The number of para-hydroxylation sites is 1. The van der Waals surface area contributed by atoms with E-state index in [1.54, 1.807) is 12.1 Å². The van der Waals surface area contributed by atoms with Crippen LogP contribution in [0.5, 0.6) is 5.75 Å². The number of carbonyl (C=O) groups is 3. The Labute approximate surface area is 157 Å². The lowest BCUT2D eigenvalue weighted by Crippen LogP contribution is -2.50. The van der Waals surface area contributed by atoms with E-state index in [9.17, 15) is 14.4 Å². The van der Waals surface area contributed by atoms with Gasteiger partial charge >= 0.3 is 12.0 Å². The Morgan fingerprint density at radius 3 is 2.85 bits per heavy atom. The van der Waals surface area contributed by atoms with Crippen molar-refractivity contribution in [1.82, 2.24) is 15.5 Å². The highest BCUT2D eigenvalue weighted by atomic mass is 16.5. The lowest BCUT2D eigenvalue weighted by atomic mass is 9.95. The SMILES string of the molecule is CCCNC(=O)CN1C(=O)N[C@@H](c2ccccc2OCC)C2=C1COC2=O. The highest BCUT2D eigenvalue weighted by molar-refractivity contribution is 5.98. The molecule has 8 heteroatoms. The number of hydrogen-bond acceptors (Lipinski definition) is 5. The average Bonchev–Trinajstić information content (AvgIpc) is 3.04. The number of urea groups is 1. The van der Waals surface area contributed by atoms with Gasteiger partial charge in [-0.1, -0.05) is 25.1 Å². The van der Waals surface area contributed by atoms with Gasteiger partial charge in [-0.2, -0.15) is 0 Å². The topological polar surface area (TPSA) is 97.0 Å². The van der Waals surface area contributed by atoms with Gasteiger partial charge in [0.1, 0.15) is 18.9 Å². The van der Waals surface area contributed by atoms with Gasteiger partial charge in [0.25, 0.3) is 0 Å². The highest BCUT2D eigenvalue weighted by Crippen LogP contribution is 2.38. The summed E-state index contributed by atoms with van der Waals surface area (Å²) in [4.78, 5) is 38.4. The lowest BCUT2D eigenvalue weighted by Gasteiger charge is -2.33. The number of rotatable bonds is 7. The van der Waals surface area contributed by atoms with Crippen LogP contribution in [0.15, 0.2) is 35.5 Å². The number of ether oxygens (including phenoxy) is 2. The van der Waals surface area contributed by atoms with Crippen molar-refractivity contribution >= 4 is 17.9 Å². The van der Waals surface area contributed by atoms with Crippen molar-refractivity contribution in [2.45, 2.75) is 26.3 Å². The van der Waals surface area contributed by atoms with Crippen molar-refractivity contribution in [2.75, 3.05) is 26.3 Å². The first kappa shape index (κ1) is 18.8. The second kappa shape index (κ2) is 8.11. The molecule has 0 fully saturated rings. The molecule has 3 amide bonds. The molecule has 0 aromatic heterocycles. The number of esters is 1. The van der Waals surface area contributed by atoms with Gasteiger partial charge < -0.3 is 20.1 Å². The average molecular weight is 373 g/mol. The van der Waals surface area contributed by atoms with Crippen molar-refractivity contribution in [3.05, 3.63) is 41.1 Å². The summed E-state index contributed by atoms with van der Waals surface area (Å²) in [5.74, 6) is -0.197. The normalized spacial score (nSPS) is 18.7. The largest absolute Gasteiger partial charge is 0.494 e. The molecule has 0 saturated heterocycles. The molecule has 8 nitrogen and oxygen atoms in total. The molecule has 27 heavy (non-hydrogen) atoms. The highest BCUT2D eigenvalue weighted by Gasteiger charge is 2.43. The smallest absolute Gasteiger partial charge is 0.338 e. The Kier molecular flexibility index (Phi) is 5.63. The molecule has 2 N–H and O–H groups in total. The molecule has 0 unspecified atom stereocenters. The molecule has 2 aliphatic rings. The van der Waals surface area contributed by atoms with Crippen LogP contribution in [-0.4, -0.2) is 49.1 Å². The Morgan fingerprint density at radius 1 is 1.33 bits per heavy atom. The first-order valence-electron chi connectivity index (χ1n) is 9.03. The zero-order valence-corrected chi connectivity index (χ0v) is 15.4. The van der Waals surface area contributed by atoms with E-state index in [1.165, 1.54) is 4.90 Å². The molecule has 1 aromatic carbocycles. The van der Waals surface area contributed by atoms with Gasteiger partial charge in [-0.05, 0) is 19.4 Å². The van der Waals surface area contributed by atoms with Gasteiger partial charge in [0.2, 0.25) is 5.91 Å². The molecule has 2 aliphatic heterocycles. The maximum Gasteiger partial charge on any atom is 0.338 e. The summed E-state index contributed by atoms with van der Waals surface area (Å²) in [6.45, 7) is 4.59. The van der Waals surface area contributed by atoms with Crippen LogP contribution in [0.3, 0.4) is 0 Å². The van der Waals surface area contributed by atoms with Gasteiger partial charge in [0.05, 0.1) is 23.9 Å². The van der Waals surface area contributed by atoms with Gasteiger partial charge in [-0.3, -0.25) is 9.69 Å². The van der Waals surface area contributed by atoms with E-state index in [-0.39, 0.29) is 19.1 Å². The summed E-state index contributed by atoms with van der Waals surface area (Å²) in [7, 11) is 0. The maximum atomic E-state index is 12.7. The first-order valence-corrected chi connectivity index (χ1v) is 9.03. The van der Waals surface area contributed by atoms with Gasteiger partial charge in [-0.25, -0.2) is 9.59 Å². The third kappa shape index (κ3) is 3.74. The fraction of sp³-hybridized carbons (Fsp3) is 0.421. The number of amides is 3. The molecule has 0 spiro atoms. The van der Waals surface area contributed by atoms with E-state index in [0.717, 1.165) is 6.42 Å². The Bertz CT molecular complexity index is 789. The molecule has 2 heterocycles. The van der Waals surface area contributed by atoms with E-state index in [1.807, 2.05) is 26.0 Å². The second-order valence-electron chi connectivity index (χ2n) is 6.23. The van der Waals surface area contributed by atoms with Crippen molar-refractivity contribution in [3.63, 3.8) is 0 Å². The molecule has 0 aliphatic carbocycles. The quantitative estimate of drug-likeness (QED) is 0.706. The molecule has 144 valence electrons. The third-order valence-electron chi connectivity index (χ3n) is 4.40. The fourth-order valence-corrected chi connectivity index (χ4v) is 3.18. The third-order valence-corrected chi connectivity index (χ3v) is 4.40. The minimum atomic E-state index is -0.680. The number of carbonyl (C=O) groups excluding carboxylic acids is 3. The Morgan fingerprint density at radius 2 is 2.11 bits per heavy atom. The first-order chi connectivity index (χ1) is 13.1. The number of cyclic esters (lactones) is 1. The lowest BCUT2D eigenvalue weighted by molar-refractivity contribution is -0.136. The summed E-state index contributed by atoms with van der Waals surface area (Å²) in [6.07, 6.45) is 0.795. The molecular weight excluding hydrogens is 350 g/mol. The van der Waals surface area contributed by atoms with E-state index in [2.05, 4.69) is 10.6 Å². The fourth-order valence-electron chi connectivity index (χ4n) is 3.18. The molecule has 1 atom stereocenters. The predicted molar refractivity (Wildman–Crippen MR) is 96.9 cm³/mol. The summed E-state index contributed by atoms with van der Waals surface area (Å²) >= 11 is 0. The van der Waals surface area contributed by atoms with Gasteiger partial charge in [0, 0.05) is 12.1 Å². The van der Waals surface area contributed by atoms with E-state index in [4.69, 9.17) is 9.47 Å². The monoisotopic (exact) mass is 373 g/mol. The summed E-state index contributed by atoms with van der Waals surface area (Å²) in [5.41, 5.74) is 1.44. The molecule has 0 saturated carbocycles. The minimum absolute atomic E-state index is 0.0318. The van der Waals surface area contributed by atoms with Crippen molar-refractivity contribution in [1.29, 1.82) is 0 Å². The summed E-state index contributed by atoms with van der Waals surface area (Å²) in [5, 5.41) is 5.54. The number of benzene rings is 1. The van der Waals surface area contributed by atoms with Crippen molar-refractivity contribution < 1.29 is 23.9 Å². The van der Waals surface area contributed by atoms with Crippen molar-refractivity contribution in [3.8, 4) is 5.75 Å². The Balaban J connectivity index is 1.94. The molecular formula is C19H23N3O5. The van der Waals surface area contributed by atoms with Gasteiger partial charge in [-0.15, -0.1) is 0 Å². The van der Waals surface area contributed by atoms with E-state index >= 15 is 0 Å². The molecule has 3 rings (SSSR count). The zero-order chi connectivity index (χ0) is 19.4. The maximum absolute atomic E-state index is 12.7.